The summed E-state index contributed by atoms with van der Waals surface area (Å²) in [5.74, 6) is 0.514. The van der Waals surface area contributed by atoms with Gasteiger partial charge in [0.05, 0.1) is 12.3 Å². The Labute approximate surface area is 192 Å². The molecule has 8 heteroatoms. The molecule has 0 unspecified atom stereocenters. The van der Waals surface area contributed by atoms with Gasteiger partial charge in [-0.15, -0.1) is 11.3 Å². The molecule has 0 spiro atoms. The van der Waals surface area contributed by atoms with Crippen LogP contribution in [0.25, 0.3) is 0 Å². The van der Waals surface area contributed by atoms with Crippen LogP contribution in [0.3, 0.4) is 0 Å². The minimum Gasteiger partial charge on any atom is -0.459 e. The standard InChI is InChI=1S/C23H21BrN4O2S/c1-13-10-14(2)26-23(25-13)27-20(16-6-4-7-17(24)12-16)18-11-15(3)31-22(18)28-21(29)19-8-5-9-30-19/h4-12,20H,1-3H3,(H,28,29)(H,25,26,27)/t20-/m1/s1. The number of rotatable bonds is 6. The lowest BCUT2D eigenvalue weighted by atomic mass is 10.00. The zero-order chi connectivity index (χ0) is 22.0. The highest BCUT2D eigenvalue weighted by Gasteiger charge is 2.23. The second-order valence-corrected chi connectivity index (χ2v) is 9.35. The van der Waals surface area contributed by atoms with E-state index >= 15 is 0 Å². The number of anilines is 2. The van der Waals surface area contributed by atoms with Crippen molar-refractivity contribution in [3.8, 4) is 0 Å². The van der Waals surface area contributed by atoms with Gasteiger partial charge >= 0.3 is 0 Å². The number of nitrogens with one attached hydrogen (secondary N) is 2. The second kappa shape index (κ2) is 9.03. The summed E-state index contributed by atoms with van der Waals surface area (Å²) in [7, 11) is 0. The van der Waals surface area contributed by atoms with E-state index in [1.807, 2.05) is 51.1 Å². The van der Waals surface area contributed by atoms with Gasteiger partial charge in [-0.3, -0.25) is 4.79 Å². The number of halogens is 1. The molecular weight excluding hydrogens is 476 g/mol. The van der Waals surface area contributed by atoms with E-state index in [0.717, 1.165) is 36.9 Å². The van der Waals surface area contributed by atoms with Crippen LogP contribution in [0.4, 0.5) is 10.9 Å². The van der Waals surface area contributed by atoms with Crippen molar-refractivity contribution in [1.29, 1.82) is 0 Å². The first kappa shape index (κ1) is 21.3. The summed E-state index contributed by atoms with van der Waals surface area (Å²) in [5.41, 5.74) is 3.72. The molecule has 0 radical (unpaired) electrons. The highest BCUT2D eigenvalue weighted by Crippen LogP contribution is 2.38. The van der Waals surface area contributed by atoms with Crippen molar-refractivity contribution in [2.75, 3.05) is 10.6 Å². The summed E-state index contributed by atoms with van der Waals surface area (Å²) >= 11 is 5.08. The summed E-state index contributed by atoms with van der Waals surface area (Å²) in [6, 6.07) is 15.1. The van der Waals surface area contributed by atoms with E-state index in [2.05, 4.69) is 42.6 Å². The first-order valence-corrected chi connectivity index (χ1v) is 11.3. The Bertz CT molecular complexity index is 1200. The molecule has 0 saturated heterocycles. The van der Waals surface area contributed by atoms with E-state index in [1.54, 1.807) is 12.1 Å². The lowest BCUT2D eigenvalue weighted by molar-refractivity contribution is 0.0997. The number of thiophene rings is 1. The molecule has 4 aromatic rings. The highest BCUT2D eigenvalue weighted by atomic mass is 79.9. The molecule has 0 aliphatic rings. The highest BCUT2D eigenvalue weighted by molar-refractivity contribution is 9.10. The molecule has 158 valence electrons. The lowest BCUT2D eigenvalue weighted by Gasteiger charge is -2.21. The minimum atomic E-state index is -0.288. The van der Waals surface area contributed by atoms with E-state index in [9.17, 15) is 4.79 Å². The molecule has 0 fully saturated rings. The van der Waals surface area contributed by atoms with Gasteiger partial charge in [-0.05, 0) is 62.7 Å². The van der Waals surface area contributed by atoms with E-state index in [0.29, 0.717) is 5.95 Å². The van der Waals surface area contributed by atoms with Crippen molar-refractivity contribution in [3.63, 3.8) is 0 Å². The maximum Gasteiger partial charge on any atom is 0.291 e. The number of aromatic nitrogens is 2. The van der Waals surface area contributed by atoms with Gasteiger partial charge in [-0.2, -0.15) is 0 Å². The van der Waals surface area contributed by atoms with Gasteiger partial charge in [-0.1, -0.05) is 28.1 Å². The van der Waals surface area contributed by atoms with Crippen molar-refractivity contribution >= 4 is 44.1 Å². The molecular formula is C23H21BrN4O2S. The van der Waals surface area contributed by atoms with E-state index in [4.69, 9.17) is 4.42 Å². The van der Waals surface area contributed by atoms with Crippen LogP contribution >= 0.6 is 27.3 Å². The van der Waals surface area contributed by atoms with Gasteiger partial charge in [-0.25, -0.2) is 9.97 Å². The molecule has 3 heterocycles. The Balaban J connectivity index is 1.75. The van der Waals surface area contributed by atoms with Crippen molar-refractivity contribution in [2.24, 2.45) is 0 Å². The third-order valence-corrected chi connectivity index (χ3v) is 6.08. The lowest BCUT2D eigenvalue weighted by Crippen LogP contribution is -2.18. The van der Waals surface area contributed by atoms with Crippen LogP contribution in [0.1, 0.15) is 44.0 Å². The molecule has 1 amide bonds. The fourth-order valence-electron chi connectivity index (χ4n) is 3.36. The molecule has 31 heavy (non-hydrogen) atoms. The van der Waals surface area contributed by atoms with Crippen molar-refractivity contribution in [1.82, 2.24) is 9.97 Å². The Hall–Kier alpha value is -2.97. The van der Waals surface area contributed by atoms with Crippen molar-refractivity contribution < 1.29 is 9.21 Å². The molecule has 1 atom stereocenters. The third-order valence-electron chi connectivity index (χ3n) is 4.60. The zero-order valence-corrected chi connectivity index (χ0v) is 19.7. The predicted octanol–water partition coefficient (Wildman–Crippen LogP) is 6.27. The maximum absolute atomic E-state index is 12.6. The van der Waals surface area contributed by atoms with Gasteiger partial charge in [0.25, 0.3) is 5.91 Å². The number of carbonyl (C=O) groups is 1. The number of benzene rings is 1. The third kappa shape index (κ3) is 5.03. The van der Waals surface area contributed by atoms with Gasteiger partial charge in [0.15, 0.2) is 5.76 Å². The van der Waals surface area contributed by atoms with E-state index < -0.39 is 0 Å². The largest absolute Gasteiger partial charge is 0.459 e. The molecule has 0 aliphatic heterocycles. The topological polar surface area (TPSA) is 80.0 Å². The van der Waals surface area contributed by atoms with E-state index in [1.165, 1.54) is 17.6 Å². The fraction of sp³-hybridized carbons (Fsp3) is 0.174. The van der Waals surface area contributed by atoms with Crippen LogP contribution in [0.5, 0.6) is 0 Å². The van der Waals surface area contributed by atoms with Gasteiger partial charge < -0.3 is 15.1 Å². The van der Waals surface area contributed by atoms with E-state index in [-0.39, 0.29) is 17.7 Å². The van der Waals surface area contributed by atoms with Crippen LogP contribution in [0.15, 0.2) is 63.7 Å². The van der Waals surface area contributed by atoms with Crippen LogP contribution in [0, 0.1) is 20.8 Å². The van der Waals surface area contributed by atoms with Crippen LogP contribution in [-0.2, 0) is 0 Å². The summed E-state index contributed by atoms with van der Waals surface area (Å²) in [6.07, 6.45) is 1.48. The van der Waals surface area contributed by atoms with Gasteiger partial charge in [0.2, 0.25) is 5.95 Å². The number of furan rings is 1. The number of hydrogen-bond acceptors (Lipinski definition) is 6. The number of hydrogen-bond donors (Lipinski definition) is 2. The molecule has 2 N–H and O–H groups in total. The Morgan fingerprint density at radius 1 is 1.06 bits per heavy atom. The van der Waals surface area contributed by atoms with Gasteiger partial charge in [0.1, 0.15) is 5.00 Å². The summed E-state index contributed by atoms with van der Waals surface area (Å²) in [6.45, 7) is 5.90. The molecule has 1 aromatic carbocycles. The first-order chi connectivity index (χ1) is 14.9. The first-order valence-electron chi connectivity index (χ1n) is 9.68. The Morgan fingerprint density at radius 2 is 1.84 bits per heavy atom. The maximum atomic E-state index is 12.6. The molecule has 0 bridgehead atoms. The Morgan fingerprint density at radius 3 is 2.52 bits per heavy atom. The molecule has 3 aromatic heterocycles. The minimum absolute atomic E-state index is 0.265. The monoisotopic (exact) mass is 496 g/mol. The predicted molar refractivity (Wildman–Crippen MR) is 127 cm³/mol. The number of nitrogens with zero attached hydrogens (tertiary/aromatic N) is 2. The molecule has 4 rings (SSSR count). The quantitative estimate of drug-likeness (QED) is 0.328. The smallest absolute Gasteiger partial charge is 0.291 e. The van der Waals surface area contributed by atoms with Crippen LogP contribution in [0.2, 0.25) is 0 Å². The summed E-state index contributed by atoms with van der Waals surface area (Å²) < 4.78 is 6.21. The normalized spacial score (nSPS) is 11.9. The number of carbonyl (C=O) groups excluding carboxylic acids is 1. The van der Waals surface area contributed by atoms with Crippen LogP contribution < -0.4 is 10.6 Å². The second-order valence-electron chi connectivity index (χ2n) is 7.18. The summed E-state index contributed by atoms with van der Waals surface area (Å²) in [5, 5.41) is 7.22. The average Bonchev–Trinajstić information content (AvgIpc) is 3.35. The van der Waals surface area contributed by atoms with Crippen LogP contribution in [-0.4, -0.2) is 15.9 Å². The van der Waals surface area contributed by atoms with Crippen molar-refractivity contribution in [2.45, 2.75) is 26.8 Å². The molecule has 6 nitrogen and oxygen atoms in total. The SMILES string of the molecule is Cc1cc(C)nc(N[C@H](c2cccc(Br)c2)c2cc(C)sc2NC(=O)c2ccco2)n1. The fourth-order valence-corrected chi connectivity index (χ4v) is 4.73. The summed E-state index contributed by atoms with van der Waals surface area (Å²) in [4.78, 5) is 22.8. The van der Waals surface area contributed by atoms with Gasteiger partial charge in [0, 0.05) is 26.3 Å². The number of amides is 1. The Kier molecular flexibility index (Phi) is 6.20. The van der Waals surface area contributed by atoms with Crippen molar-refractivity contribution in [3.05, 3.63) is 92.4 Å². The average molecular weight is 497 g/mol. The molecule has 0 aliphatic carbocycles. The zero-order valence-electron chi connectivity index (χ0n) is 17.3. The number of aryl methyl sites for hydroxylation is 3. The molecule has 0 saturated carbocycles.